The number of nitrogens with one attached hydrogen (secondary N) is 3. The summed E-state index contributed by atoms with van der Waals surface area (Å²) in [6, 6.07) is 11.3. The molecule has 0 aromatic heterocycles. The lowest BCUT2D eigenvalue weighted by atomic mass is 10.2. The Labute approximate surface area is 154 Å². The van der Waals surface area contributed by atoms with Gasteiger partial charge in [0.15, 0.2) is 0 Å². The van der Waals surface area contributed by atoms with E-state index in [-0.39, 0.29) is 24.1 Å². The first kappa shape index (κ1) is 18.8. The number of rotatable bonds is 6. The minimum absolute atomic E-state index is 0.0103. The molecule has 2 aromatic rings. The maximum absolute atomic E-state index is 12.7. The maximum atomic E-state index is 12.7. The van der Waals surface area contributed by atoms with E-state index < -0.39 is 17.6 Å². The molecule has 0 unspecified atom stereocenters. The zero-order valence-corrected chi connectivity index (χ0v) is 14.3. The second kappa shape index (κ2) is 7.69. The average molecular weight is 377 g/mol. The highest BCUT2D eigenvalue weighted by Crippen LogP contribution is 2.31. The topological polar surface area (TPSA) is 70.2 Å². The van der Waals surface area contributed by atoms with Gasteiger partial charge >= 0.3 is 6.18 Å². The van der Waals surface area contributed by atoms with Crippen molar-refractivity contribution in [3.05, 3.63) is 54.1 Å². The van der Waals surface area contributed by atoms with Gasteiger partial charge in [-0.3, -0.25) is 9.59 Å². The zero-order valence-electron chi connectivity index (χ0n) is 14.3. The van der Waals surface area contributed by atoms with Crippen LogP contribution >= 0.6 is 0 Å². The summed E-state index contributed by atoms with van der Waals surface area (Å²) in [7, 11) is 0. The fourth-order valence-electron chi connectivity index (χ4n) is 2.42. The Morgan fingerprint density at radius 1 is 0.926 bits per heavy atom. The maximum Gasteiger partial charge on any atom is 0.416 e. The molecule has 1 fully saturated rings. The molecule has 0 spiro atoms. The molecule has 2 amide bonds. The standard InChI is InChI=1S/C19H18F3N3O2/c20-19(21,22)13-2-1-3-16(10-13)24-17(26)11-23-14-6-8-15(9-7-14)25-18(27)12-4-5-12/h1-3,6-10,12,23H,4-5,11H2,(H,24,26)(H,25,27). The van der Waals surface area contributed by atoms with Crippen molar-refractivity contribution in [2.45, 2.75) is 19.0 Å². The summed E-state index contributed by atoms with van der Waals surface area (Å²) in [5.74, 6) is -0.348. The van der Waals surface area contributed by atoms with Crippen molar-refractivity contribution >= 4 is 28.9 Å². The van der Waals surface area contributed by atoms with Gasteiger partial charge in [0.1, 0.15) is 0 Å². The molecule has 0 aliphatic heterocycles. The third kappa shape index (κ3) is 5.47. The Bertz CT molecular complexity index is 831. The van der Waals surface area contributed by atoms with Gasteiger partial charge in [-0.05, 0) is 55.3 Å². The minimum atomic E-state index is -4.46. The van der Waals surface area contributed by atoms with E-state index in [0.29, 0.717) is 11.4 Å². The Hall–Kier alpha value is -3.03. The molecule has 2 aromatic carbocycles. The van der Waals surface area contributed by atoms with E-state index in [1.165, 1.54) is 12.1 Å². The minimum Gasteiger partial charge on any atom is -0.376 e. The van der Waals surface area contributed by atoms with Crippen molar-refractivity contribution in [2.24, 2.45) is 5.92 Å². The Balaban J connectivity index is 1.49. The number of halogens is 3. The van der Waals surface area contributed by atoms with Crippen LogP contribution in [0.15, 0.2) is 48.5 Å². The molecule has 0 bridgehead atoms. The van der Waals surface area contributed by atoms with E-state index >= 15 is 0 Å². The van der Waals surface area contributed by atoms with Crippen LogP contribution < -0.4 is 16.0 Å². The molecule has 8 heteroatoms. The molecular formula is C19H18F3N3O2. The zero-order chi connectivity index (χ0) is 19.4. The molecular weight excluding hydrogens is 359 g/mol. The van der Waals surface area contributed by atoms with E-state index in [9.17, 15) is 22.8 Å². The number of hydrogen-bond donors (Lipinski definition) is 3. The predicted molar refractivity (Wildman–Crippen MR) is 96.4 cm³/mol. The van der Waals surface area contributed by atoms with Crippen molar-refractivity contribution in [1.82, 2.24) is 0 Å². The summed E-state index contributed by atoms with van der Waals surface area (Å²) in [5.41, 5.74) is 0.580. The highest BCUT2D eigenvalue weighted by molar-refractivity contribution is 5.95. The van der Waals surface area contributed by atoms with E-state index in [0.717, 1.165) is 25.0 Å². The van der Waals surface area contributed by atoms with Crippen molar-refractivity contribution < 1.29 is 22.8 Å². The van der Waals surface area contributed by atoms with Crippen LogP contribution in [0, 0.1) is 5.92 Å². The quantitative estimate of drug-likeness (QED) is 0.710. The third-order valence-corrected chi connectivity index (χ3v) is 4.03. The first-order valence-corrected chi connectivity index (χ1v) is 8.43. The Kier molecular flexibility index (Phi) is 5.34. The molecule has 1 aliphatic rings. The largest absolute Gasteiger partial charge is 0.416 e. The smallest absolute Gasteiger partial charge is 0.376 e. The van der Waals surface area contributed by atoms with Gasteiger partial charge in [0, 0.05) is 23.0 Å². The lowest BCUT2D eigenvalue weighted by Gasteiger charge is -2.11. The Morgan fingerprint density at radius 2 is 1.59 bits per heavy atom. The molecule has 142 valence electrons. The summed E-state index contributed by atoms with van der Waals surface area (Å²) >= 11 is 0. The number of anilines is 3. The van der Waals surface area contributed by atoms with Crippen molar-refractivity contribution in [3.8, 4) is 0 Å². The lowest BCUT2D eigenvalue weighted by molar-refractivity contribution is -0.137. The van der Waals surface area contributed by atoms with Gasteiger partial charge in [-0.2, -0.15) is 13.2 Å². The summed E-state index contributed by atoms with van der Waals surface area (Å²) in [6.45, 7) is -0.107. The van der Waals surface area contributed by atoms with Gasteiger partial charge in [0.25, 0.3) is 0 Å². The monoisotopic (exact) mass is 377 g/mol. The highest BCUT2D eigenvalue weighted by atomic mass is 19.4. The van der Waals surface area contributed by atoms with Crippen LogP contribution in [-0.4, -0.2) is 18.4 Å². The van der Waals surface area contributed by atoms with Crippen LogP contribution in [0.25, 0.3) is 0 Å². The summed E-state index contributed by atoms with van der Waals surface area (Å²) < 4.78 is 38.0. The first-order chi connectivity index (χ1) is 12.8. The van der Waals surface area contributed by atoms with Gasteiger partial charge in [-0.1, -0.05) is 6.07 Å². The number of hydrogen-bond acceptors (Lipinski definition) is 3. The number of amides is 2. The molecule has 0 heterocycles. The second-order valence-corrected chi connectivity index (χ2v) is 6.32. The van der Waals surface area contributed by atoms with Crippen molar-refractivity contribution in [3.63, 3.8) is 0 Å². The summed E-state index contributed by atoms with van der Waals surface area (Å²) in [5, 5.41) is 8.11. The van der Waals surface area contributed by atoms with E-state index in [2.05, 4.69) is 16.0 Å². The fraction of sp³-hybridized carbons (Fsp3) is 0.263. The summed E-state index contributed by atoms with van der Waals surface area (Å²) in [6.07, 6.45) is -2.62. The van der Waals surface area contributed by atoms with Gasteiger partial charge in [-0.15, -0.1) is 0 Å². The SMILES string of the molecule is O=C(CNc1ccc(NC(=O)C2CC2)cc1)Nc1cccc(C(F)(F)F)c1. The second-order valence-electron chi connectivity index (χ2n) is 6.32. The number of carbonyl (C=O) groups is 2. The average Bonchev–Trinajstić information content (AvgIpc) is 3.46. The van der Waals surface area contributed by atoms with Crippen LogP contribution in [0.5, 0.6) is 0 Å². The van der Waals surface area contributed by atoms with Gasteiger partial charge in [-0.25, -0.2) is 0 Å². The number of carbonyl (C=O) groups excluding carboxylic acids is 2. The van der Waals surface area contributed by atoms with Crippen LogP contribution in [-0.2, 0) is 15.8 Å². The number of alkyl halides is 3. The van der Waals surface area contributed by atoms with Crippen LogP contribution in [0.1, 0.15) is 18.4 Å². The fourth-order valence-corrected chi connectivity index (χ4v) is 2.42. The highest BCUT2D eigenvalue weighted by Gasteiger charge is 2.30. The van der Waals surface area contributed by atoms with E-state index in [1.54, 1.807) is 24.3 Å². The molecule has 0 radical (unpaired) electrons. The van der Waals surface area contributed by atoms with Crippen molar-refractivity contribution in [2.75, 3.05) is 22.5 Å². The normalized spacial score (nSPS) is 13.7. The molecule has 27 heavy (non-hydrogen) atoms. The molecule has 3 rings (SSSR count). The molecule has 1 aliphatic carbocycles. The van der Waals surface area contributed by atoms with E-state index in [4.69, 9.17) is 0 Å². The predicted octanol–water partition coefficient (Wildman–Crippen LogP) is 4.10. The molecule has 1 saturated carbocycles. The summed E-state index contributed by atoms with van der Waals surface area (Å²) in [4.78, 5) is 23.6. The van der Waals surface area contributed by atoms with Gasteiger partial charge in [0.05, 0.1) is 12.1 Å². The van der Waals surface area contributed by atoms with Crippen molar-refractivity contribution in [1.29, 1.82) is 0 Å². The van der Waals surface area contributed by atoms with E-state index in [1.807, 2.05) is 0 Å². The van der Waals surface area contributed by atoms with Gasteiger partial charge < -0.3 is 16.0 Å². The number of benzene rings is 2. The molecule has 0 saturated heterocycles. The van der Waals surface area contributed by atoms with Crippen LogP contribution in [0.4, 0.5) is 30.2 Å². The lowest BCUT2D eigenvalue weighted by Crippen LogP contribution is -2.22. The molecule has 0 atom stereocenters. The molecule has 5 nitrogen and oxygen atoms in total. The Morgan fingerprint density at radius 3 is 2.22 bits per heavy atom. The van der Waals surface area contributed by atoms with Crippen LogP contribution in [0.2, 0.25) is 0 Å². The third-order valence-electron chi connectivity index (χ3n) is 4.03. The van der Waals surface area contributed by atoms with Crippen LogP contribution in [0.3, 0.4) is 0 Å². The molecule has 3 N–H and O–H groups in total. The van der Waals surface area contributed by atoms with Gasteiger partial charge in [0.2, 0.25) is 11.8 Å². The first-order valence-electron chi connectivity index (χ1n) is 8.43.